The molecule has 0 amide bonds. The molecule has 0 aromatic rings. The molecule has 0 saturated carbocycles. The zero-order valence-corrected chi connectivity index (χ0v) is 8.11. The second-order valence-electron chi connectivity index (χ2n) is 0. The van der Waals surface area contributed by atoms with Gasteiger partial charge in [-0.15, -0.1) is 0 Å². The molecule has 0 aromatic carbocycles. The monoisotopic (exact) mass is 92.0 g/mol. The Kier molecular flexibility index (Phi) is 75.1. The van der Waals surface area contributed by atoms with Crippen molar-refractivity contribution in [3.63, 3.8) is 0 Å². The molecule has 0 radical (unpaired) electrons. The summed E-state index contributed by atoms with van der Waals surface area (Å²) >= 11 is 0. The first-order chi connectivity index (χ1) is 1.00. The molecule has 0 aliphatic rings. The molecule has 3 heteroatoms. The van der Waals surface area contributed by atoms with Gasteiger partial charge >= 0.3 is 80.9 Å². The summed E-state index contributed by atoms with van der Waals surface area (Å²) in [6, 6.07) is 0. The van der Waals surface area contributed by atoms with Crippen LogP contribution in [-0.4, -0.2) is 6.79 Å². The van der Waals surface area contributed by atoms with Gasteiger partial charge in [0.1, 0.15) is 0 Å². The molecule has 0 unspecified atom stereocenters. The van der Waals surface area contributed by atoms with Crippen LogP contribution in [-0.2, 0) is 4.79 Å². The third kappa shape index (κ3) is 8.85. The van der Waals surface area contributed by atoms with Gasteiger partial charge in [0, 0.05) is 0 Å². The Bertz CT molecular complexity index is 11.6. The third-order valence-corrected chi connectivity index (χ3v) is 0. The van der Waals surface area contributed by atoms with Crippen LogP contribution < -0.4 is 80.9 Å². The van der Waals surface area contributed by atoms with Crippen molar-refractivity contribution >= 4 is 6.79 Å². The minimum absolute atomic E-state index is 0. The van der Waals surface area contributed by atoms with Crippen LogP contribution in [0.3, 0.4) is 0 Å². The number of hydrogen-bond donors (Lipinski definition) is 0. The SMILES string of the molecule is [CH-]=O.[H-].[K+].[Na+]. The smallest absolute Gasteiger partial charge is 1.00 e. The van der Waals surface area contributed by atoms with Gasteiger partial charge < -0.3 is 6.22 Å². The summed E-state index contributed by atoms with van der Waals surface area (Å²) in [5.74, 6) is 0. The average molecular weight is 92.1 g/mol. The van der Waals surface area contributed by atoms with E-state index in [2.05, 4.69) is 6.79 Å². The summed E-state index contributed by atoms with van der Waals surface area (Å²) in [4.78, 5) is 7.75. The van der Waals surface area contributed by atoms with Gasteiger partial charge in [0.05, 0.1) is 0 Å². The Morgan fingerprint density at radius 2 is 1.50 bits per heavy atom. The molecule has 0 saturated heterocycles. The van der Waals surface area contributed by atoms with E-state index < -0.39 is 0 Å². The van der Waals surface area contributed by atoms with Crippen molar-refractivity contribution in [3.8, 4) is 0 Å². The van der Waals surface area contributed by atoms with E-state index in [1.807, 2.05) is 0 Å². The quantitative estimate of drug-likeness (QED) is 0.165. The van der Waals surface area contributed by atoms with E-state index in [9.17, 15) is 0 Å². The molecule has 0 aromatic heterocycles. The molecular weight excluding hydrogens is 90.1 g/mol. The molecular formula is CH2KNaO. The van der Waals surface area contributed by atoms with Crippen LogP contribution in [0.4, 0.5) is 0 Å². The molecule has 0 N–H and O–H groups in total. The van der Waals surface area contributed by atoms with E-state index in [0.717, 1.165) is 0 Å². The van der Waals surface area contributed by atoms with Crippen LogP contribution in [0.5, 0.6) is 0 Å². The summed E-state index contributed by atoms with van der Waals surface area (Å²) in [7, 11) is 0. The normalized spacial score (nSPS) is 1.00. The average Bonchev–Trinajstić information content (AvgIpc) is 1.00. The molecule has 0 aliphatic carbocycles. The molecule has 0 heterocycles. The van der Waals surface area contributed by atoms with Gasteiger partial charge in [-0.3, -0.25) is 6.79 Å². The van der Waals surface area contributed by atoms with Crippen LogP contribution in [0.25, 0.3) is 0 Å². The van der Waals surface area contributed by atoms with Crippen LogP contribution in [0.15, 0.2) is 0 Å². The molecule has 0 aliphatic heterocycles. The Morgan fingerprint density at radius 3 is 1.50 bits per heavy atom. The Hall–Kier alpha value is 2.31. The second-order valence-corrected chi connectivity index (χ2v) is 0. The summed E-state index contributed by atoms with van der Waals surface area (Å²) < 4.78 is 0. The summed E-state index contributed by atoms with van der Waals surface area (Å²) in [5.41, 5.74) is 0. The Morgan fingerprint density at radius 1 is 1.50 bits per heavy atom. The van der Waals surface area contributed by atoms with Gasteiger partial charge in [-0.1, -0.05) is 0 Å². The first-order valence-electron chi connectivity index (χ1n) is 0.236. The van der Waals surface area contributed by atoms with E-state index in [1.165, 1.54) is 0 Å². The van der Waals surface area contributed by atoms with Crippen molar-refractivity contribution in [3.05, 3.63) is 0 Å². The van der Waals surface area contributed by atoms with E-state index >= 15 is 0 Å². The van der Waals surface area contributed by atoms with Gasteiger partial charge in [-0.25, -0.2) is 0 Å². The molecule has 4 heavy (non-hydrogen) atoms. The fraction of sp³-hybridized carbons (Fsp3) is 0. The van der Waals surface area contributed by atoms with Crippen molar-refractivity contribution in [1.29, 1.82) is 0 Å². The predicted octanol–water partition coefficient (Wildman–Crippen LogP) is -6.15. The first kappa shape index (κ1) is 16.2. The van der Waals surface area contributed by atoms with Crippen LogP contribution in [0, 0.1) is 0 Å². The van der Waals surface area contributed by atoms with E-state index in [-0.39, 0.29) is 82.4 Å². The zero-order chi connectivity index (χ0) is 2.00. The van der Waals surface area contributed by atoms with Gasteiger partial charge in [0.15, 0.2) is 0 Å². The van der Waals surface area contributed by atoms with E-state index in [0.29, 0.717) is 0 Å². The van der Waals surface area contributed by atoms with Crippen LogP contribution >= 0.6 is 0 Å². The molecule has 0 fully saturated rings. The zero-order valence-electron chi connectivity index (χ0n) is 3.99. The Balaban J connectivity index is -0.00000000167. The van der Waals surface area contributed by atoms with Gasteiger partial charge in [0.25, 0.3) is 0 Å². The fourth-order valence-electron chi connectivity index (χ4n) is 0. The molecule has 0 bridgehead atoms. The van der Waals surface area contributed by atoms with Crippen molar-refractivity contribution in [2.24, 2.45) is 0 Å². The summed E-state index contributed by atoms with van der Waals surface area (Å²) in [5, 5.41) is 0. The second kappa shape index (κ2) is 18.5. The van der Waals surface area contributed by atoms with Crippen LogP contribution in [0.1, 0.15) is 1.43 Å². The molecule has 1 nitrogen and oxygen atoms in total. The Labute approximate surface area is 91.7 Å². The first-order valence-corrected chi connectivity index (χ1v) is 0.236. The van der Waals surface area contributed by atoms with Crippen molar-refractivity contribution < 1.29 is 87.2 Å². The predicted molar refractivity (Wildman–Crippen MR) is 7.86 cm³/mol. The maximum atomic E-state index is 7.75. The summed E-state index contributed by atoms with van der Waals surface area (Å²) in [6.07, 6.45) is 0. The van der Waals surface area contributed by atoms with E-state index in [4.69, 9.17) is 4.79 Å². The minimum Gasteiger partial charge on any atom is -1.00 e. The van der Waals surface area contributed by atoms with Gasteiger partial charge in [-0.2, -0.15) is 0 Å². The molecule has 0 rings (SSSR count). The van der Waals surface area contributed by atoms with E-state index in [1.54, 1.807) is 0 Å². The van der Waals surface area contributed by atoms with Gasteiger partial charge in [0.2, 0.25) is 0 Å². The van der Waals surface area contributed by atoms with Crippen molar-refractivity contribution in [1.82, 2.24) is 0 Å². The number of carbonyl (C=O) groups excluding carboxylic acids is 1. The topological polar surface area (TPSA) is 17.1 Å². The molecule has 0 spiro atoms. The molecule has 0 atom stereocenters. The summed E-state index contributed by atoms with van der Waals surface area (Å²) in [6.45, 7) is 3.25. The van der Waals surface area contributed by atoms with Gasteiger partial charge in [-0.05, 0) is 0 Å². The minimum atomic E-state index is 0. The maximum absolute atomic E-state index is 7.75. The third-order valence-electron chi connectivity index (χ3n) is 0. The largest absolute Gasteiger partial charge is 1.00 e. The molecule has 14 valence electrons. The number of hydrogen-bond acceptors (Lipinski definition) is 1. The maximum Gasteiger partial charge on any atom is 1.00 e. The van der Waals surface area contributed by atoms with Crippen molar-refractivity contribution in [2.45, 2.75) is 0 Å². The van der Waals surface area contributed by atoms with Crippen molar-refractivity contribution in [2.75, 3.05) is 0 Å². The number of rotatable bonds is 0. The standard InChI is InChI=1S/CHO.K.Na.H/c1-2;;;/h1H;;;/q-1;2*+1;-1. The van der Waals surface area contributed by atoms with Crippen LogP contribution in [0.2, 0.25) is 0 Å². The fourth-order valence-corrected chi connectivity index (χ4v) is 0.